The third-order valence-corrected chi connectivity index (χ3v) is 5.37. The van der Waals surface area contributed by atoms with Crippen molar-refractivity contribution in [1.82, 2.24) is 4.57 Å². The van der Waals surface area contributed by atoms with Crippen molar-refractivity contribution in [2.45, 2.75) is 33.2 Å². The van der Waals surface area contributed by atoms with Crippen LogP contribution in [0, 0.1) is 6.92 Å². The van der Waals surface area contributed by atoms with Gasteiger partial charge in [0, 0.05) is 39.6 Å². The van der Waals surface area contributed by atoms with E-state index in [-0.39, 0.29) is 0 Å². The first-order chi connectivity index (χ1) is 11.3. The second-order valence-electron chi connectivity index (χ2n) is 6.28. The van der Waals surface area contributed by atoms with Gasteiger partial charge in [-0.25, -0.2) is 0 Å². The highest BCUT2D eigenvalue weighted by Gasteiger charge is 2.11. The van der Waals surface area contributed by atoms with Gasteiger partial charge in [0.05, 0.1) is 0 Å². The van der Waals surface area contributed by atoms with Gasteiger partial charge in [-0.1, -0.05) is 30.7 Å². The second kappa shape index (κ2) is 5.86. The second-order valence-corrected chi connectivity index (χ2v) is 7.31. The smallest absolute Gasteiger partial charge is 0.0491 e. The third kappa shape index (κ3) is 2.57. The van der Waals surface area contributed by atoms with Crippen molar-refractivity contribution < 1.29 is 0 Å². The normalized spacial score (nSPS) is 11.6. The van der Waals surface area contributed by atoms with E-state index in [9.17, 15) is 0 Å². The van der Waals surface area contributed by atoms with E-state index in [1.165, 1.54) is 37.8 Å². The van der Waals surface area contributed by atoms with Gasteiger partial charge in [-0.05, 0) is 54.6 Å². The van der Waals surface area contributed by atoms with Crippen LogP contribution in [0.2, 0.25) is 0 Å². The fraction of sp³-hybridized carbons (Fsp3) is 0.238. The summed E-state index contributed by atoms with van der Waals surface area (Å²) >= 11 is 1.84. The highest BCUT2D eigenvalue weighted by molar-refractivity contribution is 7.09. The monoisotopic (exact) mass is 319 g/mol. The zero-order chi connectivity index (χ0) is 15.8. The molecule has 0 aliphatic carbocycles. The van der Waals surface area contributed by atoms with Gasteiger partial charge < -0.3 is 4.57 Å². The Morgan fingerprint density at radius 3 is 2.48 bits per heavy atom. The lowest BCUT2D eigenvalue weighted by atomic mass is 10.1. The number of benzene rings is 2. The molecule has 0 unspecified atom stereocenters. The average molecular weight is 319 g/mol. The molecule has 1 nitrogen and oxygen atoms in total. The van der Waals surface area contributed by atoms with E-state index in [2.05, 4.69) is 72.3 Å². The van der Waals surface area contributed by atoms with Crippen LogP contribution >= 0.6 is 11.3 Å². The number of hydrogen-bond acceptors (Lipinski definition) is 1. The van der Waals surface area contributed by atoms with Crippen molar-refractivity contribution in [2.75, 3.05) is 0 Å². The topological polar surface area (TPSA) is 4.93 Å². The molecule has 4 rings (SSSR count). The highest BCUT2D eigenvalue weighted by atomic mass is 32.1. The standard InChI is InChI=1S/C21H21NS/c1-3-10-22-20-8-6-15(2)12-18(20)19-14-16(7-9-21(19)22)13-17-5-4-11-23-17/h4-9,11-12,14H,3,10,13H2,1-2H3. The number of rotatable bonds is 4. The molecule has 0 aliphatic heterocycles. The molecule has 2 aromatic carbocycles. The summed E-state index contributed by atoms with van der Waals surface area (Å²) in [6, 6.07) is 18.2. The van der Waals surface area contributed by atoms with Crippen LogP contribution in [0.3, 0.4) is 0 Å². The van der Waals surface area contributed by atoms with E-state index in [4.69, 9.17) is 0 Å². The molecule has 0 amide bonds. The molecule has 0 saturated carbocycles. The molecule has 0 aliphatic rings. The van der Waals surface area contributed by atoms with Crippen LogP contribution < -0.4 is 0 Å². The molecule has 116 valence electrons. The van der Waals surface area contributed by atoms with Gasteiger partial charge in [-0.3, -0.25) is 0 Å². The largest absolute Gasteiger partial charge is 0.340 e. The Balaban J connectivity index is 1.92. The van der Waals surface area contributed by atoms with Crippen LogP contribution in [0.5, 0.6) is 0 Å². The maximum absolute atomic E-state index is 2.47. The van der Waals surface area contributed by atoms with Crippen LogP contribution in [-0.2, 0) is 13.0 Å². The zero-order valence-corrected chi connectivity index (χ0v) is 14.5. The summed E-state index contributed by atoms with van der Waals surface area (Å²) in [5, 5.41) is 4.94. The number of nitrogens with zero attached hydrogens (tertiary/aromatic N) is 1. The van der Waals surface area contributed by atoms with Crippen LogP contribution in [-0.4, -0.2) is 4.57 Å². The van der Waals surface area contributed by atoms with Crippen molar-refractivity contribution in [3.63, 3.8) is 0 Å². The predicted octanol–water partition coefficient (Wildman–Crippen LogP) is 6.17. The van der Waals surface area contributed by atoms with E-state index in [0.717, 1.165) is 19.4 Å². The Hall–Kier alpha value is -2.06. The lowest BCUT2D eigenvalue weighted by Gasteiger charge is -2.06. The van der Waals surface area contributed by atoms with Gasteiger partial charge >= 0.3 is 0 Å². The Kier molecular flexibility index (Phi) is 3.70. The van der Waals surface area contributed by atoms with Crippen molar-refractivity contribution in [3.05, 3.63) is 69.9 Å². The first-order valence-electron chi connectivity index (χ1n) is 8.30. The lowest BCUT2D eigenvalue weighted by Crippen LogP contribution is -1.96. The lowest BCUT2D eigenvalue weighted by molar-refractivity contribution is 0.724. The average Bonchev–Trinajstić information content (AvgIpc) is 3.15. The first-order valence-corrected chi connectivity index (χ1v) is 9.18. The van der Waals surface area contributed by atoms with Gasteiger partial charge in [0.15, 0.2) is 0 Å². The molecule has 0 fully saturated rings. The summed E-state index contributed by atoms with van der Waals surface area (Å²) in [4.78, 5) is 1.43. The minimum absolute atomic E-state index is 1.03. The molecule has 2 heteroatoms. The number of hydrogen-bond donors (Lipinski definition) is 0. The minimum Gasteiger partial charge on any atom is -0.340 e. The van der Waals surface area contributed by atoms with Gasteiger partial charge in [0.1, 0.15) is 0 Å². The Morgan fingerprint density at radius 1 is 0.957 bits per heavy atom. The molecule has 2 heterocycles. The summed E-state index contributed by atoms with van der Waals surface area (Å²) in [7, 11) is 0. The van der Waals surface area contributed by atoms with E-state index in [1.807, 2.05) is 11.3 Å². The summed E-state index contributed by atoms with van der Waals surface area (Å²) in [5.41, 5.74) is 5.46. The number of fused-ring (bicyclic) bond motifs is 3. The van der Waals surface area contributed by atoms with Crippen molar-refractivity contribution >= 4 is 33.1 Å². The Morgan fingerprint density at radius 2 is 1.74 bits per heavy atom. The molecule has 4 aromatic rings. The van der Waals surface area contributed by atoms with Crippen LogP contribution in [0.1, 0.15) is 29.3 Å². The predicted molar refractivity (Wildman–Crippen MR) is 102 cm³/mol. The van der Waals surface area contributed by atoms with E-state index in [1.54, 1.807) is 0 Å². The van der Waals surface area contributed by atoms with Crippen molar-refractivity contribution in [3.8, 4) is 0 Å². The maximum atomic E-state index is 2.47. The Labute approximate surface area is 141 Å². The van der Waals surface area contributed by atoms with Gasteiger partial charge in [0.2, 0.25) is 0 Å². The fourth-order valence-corrected chi connectivity index (χ4v) is 4.19. The summed E-state index contributed by atoms with van der Waals surface area (Å²) in [6.45, 7) is 5.50. The first kappa shape index (κ1) is 14.5. The molecule has 2 aromatic heterocycles. The van der Waals surface area contributed by atoms with Gasteiger partial charge in [-0.15, -0.1) is 11.3 Å². The quantitative estimate of drug-likeness (QED) is 0.424. The molecule has 0 atom stereocenters. The van der Waals surface area contributed by atoms with Crippen LogP contribution in [0.15, 0.2) is 53.9 Å². The summed E-state index contributed by atoms with van der Waals surface area (Å²) < 4.78 is 2.47. The van der Waals surface area contributed by atoms with Gasteiger partial charge in [0.25, 0.3) is 0 Å². The van der Waals surface area contributed by atoms with Crippen molar-refractivity contribution in [2.24, 2.45) is 0 Å². The maximum Gasteiger partial charge on any atom is 0.0491 e. The van der Waals surface area contributed by atoms with E-state index < -0.39 is 0 Å². The fourth-order valence-electron chi connectivity index (χ4n) is 3.45. The summed E-state index contributed by atoms with van der Waals surface area (Å²) in [6.07, 6.45) is 2.18. The molecular formula is C21H21NS. The molecule has 0 spiro atoms. The van der Waals surface area contributed by atoms with E-state index >= 15 is 0 Å². The van der Waals surface area contributed by atoms with Gasteiger partial charge in [-0.2, -0.15) is 0 Å². The number of thiophene rings is 1. The molecule has 23 heavy (non-hydrogen) atoms. The summed E-state index contributed by atoms with van der Waals surface area (Å²) in [5.74, 6) is 0. The molecule has 0 radical (unpaired) electrons. The minimum atomic E-state index is 1.03. The third-order valence-electron chi connectivity index (χ3n) is 4.49. The SMILES string of the molecule is CCCn1c2ccc(C)cc2c2cc(Cc3cccs3)ccc21. The highest BCUT2D eigenvalue weighted by Crippen LogP contribution is 2.31. The van der Waals surface area contributed by atoms with Crippen molar-refractivity contribution in [1.29, 1.82) is 0 Å². The molecule has 0 bridgehead atoms. The number of aryl methyl sites for hydroxylation is 2. The molecule has 0 saturated heterocycles. The van der Waals surface area contributed by atoms with Crippen LogP contribution in [0.25, 0.3) is 21.8 Å². The Bertz CT molecular complexity index is 961. The molecular weight excluding hydrogens is 298 g/mol. The van der Waals surface area contributed by atoms with Crippen LogP contribution in [0.4, 0.5) is 0 Å². The number of aromatic nitrogens is 1. The molecule has 0 N–H and O–H groups in total. The van der Waals surface area contributed by atoms with E-state index in [0.29, 0.717) is 0 Å². The zero-order valence-electron chi connectivity index (χ0n) is 13.7.